The molecule has 0 radical (unpaired) electrons. The highest BCUT2D eigenvalue weighted by Crippen LogP contribution is 2.49. The van der Waals surface area contributed by atoms with Crippen LogP contribution in [0.25, 0.3) is 77.3 Å². The summed E-state index contributed by atoms with van der Waals surface area (Å²) >= 11 is 0. The van der Waals surface area contributed by atoms with Crippen LogP contribution in [-0.4, -0.2) is 15.0 Å². The molecule has 0 saturated heterocycles. The number of hydrogen-bond acceptors (Lipinski definition) is 4. The molecule has 0 amide bonds. The quantitative estimate of drug-likeness (QED) is 0.272. The average molecular weight is 476 g/mol. The van der Waals surface area contributed by atoms with E-state index in [1.165, 1.54) is 5.39 Å². The number of aromatic nitrogens is 3. The average Bonchev–Trinajstić information content (AvgIpc) is 3.53. The van der Waals surface area contributed by atoms with E-state index in [-0.39, 0.29) is 0 Å². The Labute approximate surface area is 210 Å². The summed E-state index contributed by atoms with van der Waals surface area (Å²) in [4.78, 5) is 13.8. The third kappa shape index (κ3) is 2.47. The van der Waals surface area contributed by atoms with E-state index in [0.29, 0.717) is 11.4 Å². The summed E-state index contributed by atoms with van der Waals surface area (Å²) in [5.41, 5.74) is 7.04. The SMILES string of the molecule is c1ccc(-c2nc(-c3ccc4c5c3[nH]c3ccc6cccc(c6c35)O4)nc3c2oc2ccccc23)cc1. The van der Waals surface area contributed by atoms with Crippen molar-refractivity contribution in [2.24, 2.45) is 0 Å². The van der Waals surface area contributed by atoms with Crippen molar-refractivity contribution >= 4 is 54.6 Å². The van der Waals surface area contributed by atoms with E-state index >= 15 is 0 Å². The van der Waals surface area contributed by atoms with Crippen molar-refractivity contribution < 1.29 is 9.15 Å². The lowest BCUT2D eigenvalue weighted by Crippen LogP contribution is -1.96. The predicted octanol–water partition coefficient (Wildman–Crippen LogP) is 8.60. The van der Waals surface area contributed by atoms with Crippen molar-refractivity contribution in [2.45, 2.75) is 0 Å². The molecule has 1 N–H and O–H groups in total. The van der Waals surface area contributed by atoms with E-state index in [9.17, 15) is 0 Å². The zero-order chi connectivity index (χ0) is 24.1. The maximum Gasteiger partial charge on any atom is 0.180 e. The van der Waals surface area contributed by atoms with Crippen LogP contribution in [0.15, 0.2) is 101 Å². The van der Waals surface area contributed by atoms with E-state index in [1.807, 2.05) is 60.7 Å². The summed E-state index contributed by atoms with van der Waals surface area (Å²) < 4.78 is 12.7. The Balaban J connectivity index is 1.42. The smallest absolute Gasteiger partial charge is 0.180 e. The molecule has 0 spiro atoms. The minimum Gasteiger partial charge on any atom is -0.456 e. The maximum absolute atomic E-state index is 6.37. The standard InChI is InChI=1S/C32H17N3O2/c1-2-7-18(8-3-1)28-31-30(19-10-4-5-11-22(19)37-31)35-32(34-28)20-14-16-24-27-26-21(33-29(20)27)15-13-17-9-6-12-23(36-24)25(17)26/h1-16,33H. The zero-order valence-electron chi connectivity index (χ0n) is 19.4. The van der Waals surface area contributed by atoms with Gasteiger partial charge in [0.05, 0.1) is 10.9 Å². The lowest BCUT2D eigenvalue weighted by molar-refractivity contribution is 0.493. The number of nitrogens with one attached hydrogen (secondary N) is 1. The Morgan fingerprint density at radius 1 is 0.649 bits per heavy atom. The lowest BCUT2D eigenvalue weighted by Gasteiger charge is -2.17. The number of fused-ring (bicyclic) bond motifs is 3. The molecule has 1 aliphatic rings. The summed E-state index contributed by atoms with van der Waals surface area (Å²) in [6.07, 6.45) is 0. The largest absolute Gasteiger partial charge is 0.456 e. The van der Waals surface area contributed by atoms with Crippen molar-refractivity contribution in [3.63, 3.8) is 0 Å². The number of benzene rings is 5. The second-order valence-electron chi connectivity index (χ2n) is 9.47. The van der Waals surface area contributed by atoms with Gasteiger partial charge in [-0.25, -0.2) is 9.97 Å². The molecule has 5 nitrogen and oxygen atoms in total. The van der Waals surface area contributed by atoms with Gasteiger partial charge in [0, 0.05) is 32.8 Å². The number of H-pyrrole nitrogens is 1. The van der Waals surface area contributed by atoms with Crippen LogP contribution in [0.3, 0.4) is 0 Å². The van der Waals surface area contributed by atoms with E-state index in [4.69, 9.17) is 19.1 Å². The first-order valence-electron chi connectivity index (χ1n) is 12.3. The van der Waals surface area contributed by atoms with E-state index in [1.54, 1.807) is 0 Å². The topological polar surface area (TPSA) is 63.9 Å². The van der Waals surface area contributed by atoms with Gasteiger partial charge in [-0.05, 0) is 41.8 Å². The molecule has 0 aliphatic carbocycles. The molecule has 0 saturated carbocycles. The summed E-state index contributed by atoms with van der Waals surface area (Å²) in [6.45, 7) is 0. The highest BCUT2D eigenvalue weighted by molar-refractivity contribution is 6.26. The van der Waals surface area contributed by atoms with Gasteiger partial charge in [-0.2, -0.15) is 0 Å². The molecule has 0 fully saturated rings. The van der Waals surface area contributed by atoms with Crippen LogP contribution in [0.1, 0.15) is 0 Å². The van der Waals surface area contributed by atoms with Gasteiger partial charge in [0.15, 0.2) is 11.4 Å². The number of nitrogens with zero attached hydrogens (tertiary/aromatic N) is 2. The fourth-order valence-electron chi connectivity index (χ4n) is 5.78. The molecule has 5 aromatic carbocycles. The van der Waals surface area contributed by atoms with Gasteiger partial charge in [0.2, 0.25) is 0 Å². The van der Waals surface area contributed by atoms with Crippen LogP contribution in [0.5, 0.6) is 11.5 Å². The fourth-order valence-corrected chi connectivity index (χ4v) is 5.78. The third-order valence-corrected chi connectivity index (χ3v) is 7.41. The van der Waals surface area contributed by atoms with Gasteiger partial charge < -0.3 is 14.1 Å². The van der Waals surface area contributed by atoms with Crippen molar-refractivity contribution in [3.05, 3.63) is 97.1 Å². The molecule has 4 heterocycles. The summed E-state index contributed by atoms with van der Waals surface area (Å²) in [7, 11) is 0. The van der Waals surface area contributed by atoms with E-state index < -0.39 is 0 Å². The normalized spacial score (nSPS) is 12.5. The second kappa shape index (κ2) is 6.74. The molecule has 37 heavy (non-hydrogen) atoms. The molecule has 1 aliphatic heterocycles. The number of furan rings is 1. The van der Waals surface area contributed by atoms with Gasteiger partial charge >= 0.3 is 0 Å². The Morgan fingerprint density at radius 3 is 2.46 bits per heavy atom. The molecular formula is C32H17N3O2. The Morgan fingerprint density at radius 2 is 1.51 bits per heavy atom. The zero-order valence-corrected chi connectivity index (χ0v) is 19.4. The van der Waals surface area contributed by atoms with Crippen LogP contribution in [-0.2, 0) is 0 Å². The van der Waals surface area contributed by atoms with Gasteiger partial charge in [-0.15, -0.1) is 0 Å². The molecular weight excluding hydrogens is 458 g/mol. The first-order chi connectivity index (χ1) is 18.3. The first kappa shape index (κ1) is 19.1. The summed E-state index contributed by atoms with van der Waals surface area (Å²) in [5.74, 6) is 2.37. The number of aromatic amines is 1. The van der Waals surface area contributed by atoms with Crippen molar-refractivity contribution in [1.82, 2.24) is 15.0 Å². The van der Waals surface area contributed by atoms with Crippen LogP contribution in [0.4, 0.5) is 0 Å². The Kier molecular flexibility index (Phi) is 3.47. The van der Waals surface area contributed by atoms with Crippen molar-refractivity contribution in [3.8, 4) is 34.1 Å². The molecule has 9 rings (SSSR count). The highest BCUT2D eigenvalue weighted by Gasteiger charge is 2.25. The minimum atomic E-state index is 0.645. The van der Waals surface area contributed by atoms with E-state index in [2.05, 4.69) is 41.4 Å². The second-order valence-corrected chi connectivity index (χ2v) is 9.47. The summed E-state index contributed by atoms with van der Waals surface area (Å²) in [6, 6.07) is 32.7. The fraction of sp³-hybridized carbons (Fsp3) is 0. The predicted molar refractivity (Wildman–Crippen MR) is 147 cm³/mol. The number of rotatable bonds is 2. The number of ether oxygens (including phenoxy) is 1. The molecule has 0 unspecified atom stereocenters. The van der Waals surface area contributed by atoms with Gasteiger partial charge in [-0.3, -0.25) is 0 Å². The molecule has 5 heteroatoms. The molecule has 172 valence electrons. The van der Waals surface area contributed by atoms with Crippen LogP contribution in [0, 0.1) is 0 Å². The van der Waals surface area contributed by atoms with Crippen LogP contribution < -0.4 is 4.74 Å². The molecule has 8 aromatic rings. The third-order valence-electron chi connectivity index (χ3n) is 7.41. The highest BCUT2D eigenvalue weighted by atomic mass is 16.5. The van der Waals surface area contributed by atoms with Gasteiger partial charge in [-0.1, -0.05) is 60.7 Å². The minimum absolute atomic E-state index is 0.645. The van der Waals surface area contributed by atoms with E-state index in [0.717, 1.165) is 72.0 Å². The Bertz CT molecular complexity index is 2230. The molecule has 3 aromatic heterocycles. The molecule has 0 bridgehead atoms. The number of hydrogen-bond donors (Lipinski definition) is 1. The maximum atomic E-state index is 6.37. The molecule has 0 atom stereocenters. The van der Waals surface area contributed by atoms with Crippen molar-refractivity contribution in [1.29, 1.82) is 0 Å². The lowest BCUT2D eigenvalue weighted by atomic mass is 9.99. The van der Waals surface area contributed by atoms with Gasteiger partial charge in [0.25, 0.3) is 0 Å². The first-order valence-corrected chi connectivity index (χ1v) is 12.3. The number of para-hydroxylation sites is 1. The van der Waals surface area contributed by atoms with Crippen LogP contribution >= 0.6 is 0 Å². The monoisotopic (exact) mass is 475 g/mol. The van der Waals surface area contributed by atoms with Crippen molar-refractivity contribution in [2.75, 3.05) is 0 Å². The van der Waals surface area contributed by atoms with Gasteiger partial charge in [0.1, 0.15) is 28.3 Å². The Hall–Kier alpha value is -5.16. The summed E-state index contributed by atoms with van der Waals surface area (Å²) in [5, 5.41) is 5.53. The van der Waals surface area contributed by atoms with Crippen LogP contribution in [0.2, 0.25) is 0 Å².